The Kier molecular flexibility index (Phi) is 5.37. The minimum absolute atomic E-state index is 0.701. The topological polar surface area (TPSA) is 26.1 Å². The van der Waals surface area contributed by atoms with Crippen LogP contribution in [0, 0.1) is 0 Å². The maximum Gasteiger partial charge on any atom is 0.0288 e. The molecule has 0 spiro atoms. The first-order valence-corrected chi connectivity index (χ1v) is 5.30. The highest BCUT2D eigenvalue weighted by Crippen LogP contribution is 2.01. The largest absolute Gasteiger partial charge is 0.313 e. The van der Waals surface area contributed by atoms with Gasteiger partial charge >= 0.3 is 0 Å². The van der Waals surface area contributed by atoms with E-state index in [2.05, 4.69) is 17.6 Å². The Bertz CT molecular complexity index is 98.0. The van der Waals surface area contributed by atoms with Crippen LogP contribution in [0.2, 0.25) is 0 Å². The van der Waals surface area contributed by atoms with Crippen LogP contribution in [0.15, 0.2) is 0 Å². The molecule has 0 bridgehead atoms. The maximum atomic E-state index is 4.32. The van der Waals surface area contributed by atoms with E-state index in [-0.39, 0.29) is 0 Å². The van der Waals surface area contributed by atoms with Crippen LogP contribution in [0.4, 0.5) is 0 Å². The average Bonchev–Trinajstić information content (AvgIpc) is 2.57. The number of hydrogen-bond donors (Lipinski definition) is 1. The number of unbranched alkanes of at least 4 members (excludes halogenated alkanes) is 3. The fraction of sp³-hybridized carbons (Fsp3) is 1.00. The van der Waals surface area contributed by atoms with E-state index in [1.807, 2.05) is 0 Å². The minimum Gasteiger partial charge on any atom is -0.313 e. The van der Waals surface area contributed by atoms with Crippen molar-refractivity contribution in [2.45, 2.75) is 45.1 Å². The third-order valence-corrected chi connectivity index (χ3v) is 2.45. The van der Waals surface area contributed by atoms with Gasteiger partial charge in [-0.15, -0.1) is 0 Å². The Balaban J connectivity index is 1.81. The Morgan fingerprint density at radius 2 is 2.25 bits per heavy atom. The van der Waals surface area contributed by atoms with Crippen LogP contribution in [0.25, 0.3) is 0 Å². The summed E-state index contributed by atoms with van der Waals surface area (Å²) in [6, 6.07) is 0.701. The second-order valence-corrected chi connectivity index (χ2v) is 3.63. The molecule has 2 nitrogen and oxygen atoms in total. The number of rotatable bonds is 6. The molecule has 1 aliphatic rings. The van der Waals surface area contributed by atoms with E-state index in [1.165, 1.54) is 38.6 Å². The molecule has 1 fully saturated rings. The summed E-state index contributed by atoms with van der Waals surface area (Å²) < 4.78 is 0. The molecule has 1 radical (unpaired) electrons. The van der Waals surface area contributed by atoms with Crippen molar-refractivity contribution in [3.8, 4) is 0 Å². The first-order valence-electron chi connectivity index (χ1n) is 5.30. The highest BCUT2D eigenvalue weighted by atomic mass is 15.0. The molecule has 2 heteroatoms. The molecule has 1 rings (SSSR count). The van der Waals surface area contributed by atoms with Gasteiger partial charge in [0, 0.05) is 19.1 Å². The number of nitrogens with one attached hydrogen (secondary N) is 1. The summed E-state index contributed by atoms with van der Waals surface area (Å²) in [4.78, 5) is 0. The van der Waals surface area contributed by atoms with Gasteiger partial charge in [-0.3, -0.25) is 0 Å². The van der Waals surface area contributed by atoms with Crippen molar-refractivity contribution in [3.05, 3.63) is 0 Å². The molecule has 0 aromatic rings. The van der Waals surface area contributed by atoms with Crippen molar-refractivity contribution >= 4 is 0 Å². The van der Waals surface area contributed by atoms with Gasteiger partial charge in [0.15, 0.2) is 0 Å². The van der Waals surface area contributed by atoms with E-state index in [1.54, 1.807) is 0 Å². The van der Waals surface area contributed by atoms with Crippen LogP contribution in [-0.4, -0.2) is 25.7 Å². The van der Waals surface area contributed by atoms with Crippen molar-refractivity contribution in [1.29, 1.82) is 0 Å². The molecular formula is C10H21N2. The maximum absolute atomic E-state index is 4.32. The van der Waals surface area contributed by atoms with Gasteiger partial charge in [-0.25, -0.2) is 5.32 Å². The van der Waals surface area contributed by atoms with Crippen molar-refractivity contribution < 1.29 is 0 Å². The summed E-state index contributed by atoms with van der Waals surface area (Å²) in [7, 11) is 0. The SMILES string of the molecule is CCCCCCNC1CC[N]C1. The predicted molar refractivity (Wildman–Crippen MR) is 52.4 cm³/mol. The van der Waals surface area contributed by atoms with Crippen molar-refractivity contribution in [1.82, 2.24) is 10.6 Å². The first-order chi connectivity index (χ1) is 5.93. The second-order valence-electron chi connectivity index (χ2n) is 3.63. The van der Waals surface area contributed by atoms with Crippen molar-refractivity contribution in [3.63, 3.8) is 0 Å². The van der Waals surface area contributed by atoms with Gasteiger partial charge in [-0.1, -0.05) is 26.2 Å². The van der Waals surface area contributed by atoms with E-state index in [4.69, 9.17) is 0 Å². The van der Waals surface area contributed by atoms with Crippen LogP contribution in [0.1, 0.15) is 39.0 Å². The molecule has 0 aromatic carbocycles. The van der Waals surface area contributed by atoms with Gasteiger partial charge < -0.3 is 5.32 Å². The van der Waals surface area contributed by atoms with E-state index in [0.29, 0.717) is 6.04 Å². The molecule has 0 aliphatic carbocycles. The average molecular weight is 169 g/mol. The van der Waals surface area contributed by atoms with Gasteiger partial charge in [-0.2, -0.15) is 0 Å². The number of nitrogens with zero attached hydrogens (tertiary/aromatic N) is 1. The van der Waals surface area contributed by atoms with Crippen molar-refractivity contribution in [2.24, 2.45) is 0 Å². The molecule has 1 N–H and O–H groups in total. The molecule has 1 heterocycles. The number of hydrogen-bond acceptors (Lipinski definition) is 1. The Morgan fingerprint density at radius 3 is 2.92 bits per heavy atom. The summed E-state index contributed by atoms with van der Waals surface area (Å²) >= 11 is 0. The fourth-order valence-corrected chi connectivity index (χ4v) is 1.61. The van der Waals surface area contributed by atoms with Crippen LogP contribution in [0.3, 0.4) is 0 Å². The molecule has 0 saturated carbocycles. The lowest BCUT2D eigenvalue weighted by Crippen LogP contribution is -2.30. The lowest BCUT2D eigenvalue weighted by Gasteiger charge is -2.09. The summed E-state index contributed by atoms with van der Waals surface area (Å²) in [5.41, 5.74) is 0. The van der Waals surface area contributed by atoms with Crippen LogP contribution in [0.5, 0.6) is 0 Å². The Hall–Kier alpha value is -0.0800. The minimum atomic E-state index is 0.701. The highest BCUT2D eigenvalue weighted by Gasteiger charge is 2.13. The molecule has 0 aromatic heterocycles. The molecule has 1 unspecified atom stereocenters. The zero-order valence-electron chi connectivity index (χ0n) is 8.18. The monoisotopic (exact) mass is 169 g/mol. The van der Waals surface area contributed by atoms with Gasteiger partial charge in [0.05, 0.1) is 0 Å². The van der Waals surface area contributed by atoms with Crippen molar-refractivity contribution in [2.75, 3.05) is 19.6 Å². The highest BCUT2D eigenvalue weighted by molar-refractivity contribution is 4.76. The van der Waals surface area contributed by atoms with Crippen LogP contribution in [-0.2, 0) is 0 Å². The molecule has 71 valence electrons. The lowest BCUT2D eigenvalue weighted by atomic mass is 10.2. The molecular weight excluding hydrogens is 148 g/mol. The summed E-state index contributed by atoms with van der Waals surface area (Å²) in [6.45, 7) is 5.57. The predicted octanol–water partition coefficient (Wildman–Crippen LogP) is 1.53. The summed E-state index contributed by atoms with van der Waals surface area (Å²) in [5, 5.41) is 7.86. The van der Waals surface area contributed by atoms with E-state index >= 15 is 0 Å². The van der Waals surface area contributed by atoms with Crippen LogP contribution < -0.4 is 10.6 Å². The third-order valence-electron chi connectivity index (χ3n) is 2.45. The quantitative estimate of drug-likeness (QED) is 0.600. The Morgan fingerprint density at radius 1 is 1.33 bits per heavy atom. The second kappa shape index (κ2) is 6.44. The molecule has 12 heavy (non-hydrogen) atoms. The molecule has 1 saturated heterocycles. The summed E-state index contributed by atoms with van der Waals surface area (Å²) in [6.07, 6.45) is 6.70. The van der Waals surface area contributed by atoms with E-state index in [9.17, 15) is 0 Å². The Labute approximate surface area is 76.1 Å². The lowest BCUT2D eigenvalue weighted by molar-refractivity contribution is 0.518. The fourth-order valence-electron chi connectivity index (χ4n) is 1.61. The molecule has 1 atom stereocenters. The van der Waals surface area contributed by atoms with Gasteiger partial charge in [0.25, 0.3) is 0 Å². The normalized spacial score (nSPS) is 23.2. The van der Waals surface area contributed by atoms with Gasteiger partial charge in [0.1, 0.15) is 0 Å². The van der Waals surface area contributed by atoms with E-state index in [0.717, 1.165) is 13.1 Å². The summed E-state index contributed by atoms with van der Waals surface area (Å²) in [5.74, 6) is 0. The molecule has 0 amide bonds. The van der Waals surface area contributed by atoms with Crippen LogP contribution >= 0.6 is 0 Å². The third kappa shape index (κ3) is 4.07. The first kappa shape index (κ1) is 10.0. The van der Waals surface area contributed by atoms with Gasteiger partial charge in [-0.05, 0) is 19.4 Å². The van der Waals surface area contributed by atoms with Gasteiger partial charge in [0.2, 0.25) is 0 Å². The standard InChI is InChI=1S/C10H21N2/c1-2-3-4-5-7-12-10-6-8-11-9-10/h10,12H,2-9H2,1H3. The smallest absolute Gasteiger partial charge is 0.0288 e. The van der Waals surface area contributed by atoms with E-state index < -0.39 is 0 Å². The zero-order valence-corrected chi connectivity index (χ0v) is 8.18. The molecule has 1 aliphatic heterocycles. The zero-order chi connectivity index (χ0) is 8.65.